The van der Waals surface area contributed by atoms with E-state index < -0.39 is 11.0 Å². The summed E-state index contributed by atoms with van der Waals surface area (Å²) in [5.41, 5.74) is 1.11. The molecule has 0 spiro atoms. The molecule has 0 aliphatic rings. The van der Waals surface area contributed by atoms with Gasteiger partial charge in [-0.3, -0.25) is 19.8 Å². The van der Waals surface area contributed by atoms with Crippen LogP contribution in [0.25, 0.3) is 0 Å². The maximum atomic E-state index is 12.6. The molecule has 0 fully saturated rings. The van der Waals surface area contributed by atoms with Crippen LogP contribution in [0.4, 0.5) is 11.4 Å². The molecule has 0 unspecified atom stereocenters. The number of carbonyl (C=O) groups excluding carboxylic acids is 1. The molecule has 0 heterocycles. The molecule has 0 radical (unpaired) electrons. The fourth-order valence-electron chi connectivity index (χ4n) is 2.40. The number of nitro benzene ring substituents is 1. The van der Waals surface area contributed by atoms with Gasteiger partial charge in [-0.05, 0) is 37.7 Å². The second-order valence-corrected chi connectivity index (χ2v) is 6.29. The topological polar surface area (TPSA) is 84.7 Å². The molecule has 2 aromatic carbocycles. The Kier molecular flexibility index (Phi) is 6.54. The first-order valence-electron chi connectivity index (χ1n) is 7.89. The molecule has 8 heteroatoms. The van der Waals surface area contributed by atoms with Crippen LogP contribution in [0.1, 0.15) is 12.5 Å². The van der Waals surface area contributed by atoms with Crippen LogP contribution in [0.15, 0.2) is 42.5 Å². The number of non-ortho nitro benzene ring substituents is 1. The molecule has 0 saturated heterocycles. The van der Waals surface area contributed by atoms with Crippen molar-refractivity contribution >= 4 is 28.9 Å². The van der Waals surface area contributed by atoms with Gasteiger partial charge in [-0.1, -0.05) is 23.7 Å². The fraction of sp³-hybridized carbons (Fsp3) is 0.278. The maximum Gasteiger partial charge on any atom is 0.271 e. The van der Waals surface area contributed by atoms with E-state index in [4.69, 9.17) is 16.3 Å². The van der Waals surface area contributed by atoms with Crippen LogP contribution in [-0.4, -0.2) is 35.9 Å². The highest BCUT2D eigenvalue weighted by Crippen LogP contribution is 2.29. The first-order valence-corrected chi connectivity index (χ1v) is 8.27. The zero-order valence-corrected chi connectivity index (χ0v) is 15.5. The molecule has 0 aliphatic carbocycles. The lowest BCUT2D eigenvalue weighted by Gasteiger charge is -2.24. The minimum Gasteiger partial charge on any atom is -0.495 e. The molecule has 2 aromatic rings. The largest absolute Gasteiger partial charge is 0.495 e. The van der Waals surface area contributed by atoms with Crippen molar-refractivity contribution in [3.05, 3.63) is 63.2 Å². The molecular weight excluding hydrogens is 358 g/mol. The van der Waals surface area contributed by atoms with Gasteiger partial charge in [0.25, 0.3) is 5.69 Å². The van der Waals surface area contributed by atoms with Crippen LogP contribution in [0.5, 0.6) is 5.75 Å². The number of likely N-dealkylation sites (N-methyl/N-ethyl adjacent to an activating group) is 1. The van der Waals surface area contributed by atoms with Gasteiger partial charge in [0.1, 0.15) is 5.75 Å². The van der Waals surface area contributed by atoms with E-state index in [9.17, 15) is 14.9 Å². The molecule has 0 aromatic heterocycles. The third kappa shape index (κ3) is 4.93. The monoisotopic (exact) mass is 377 g/mol. The van der Waals surface area contributed by atoms with Crippen LogP contribution in [0.3, 0.4) is 0 Å². The number of nitro groups is 1. The third-order valence-electron chi connectivity index (χ3n) is 4.01. The number of hydrogen-bond donors (Lipinski definition) is 1. The van der Waals surface area contributed by atoms with E-state index in [1.165, 1.54) is 25.3 Å². The van der Waals surface area contributed by atoms with E-state index in [0.717, 1.165) is 5.56 Å². The number of anilines is 1. The van der Waals surface area contributed by atoms with E-state index in [0.29, 0.717) is 17.3 Å². The summed E-state index contributed by atoms with van der Waals surface area (Å²) in [6.45, 7) is 2.28. The minimum absolute atomic E-state index is 0.124. The number of amides is 1. The predicted octanol–water partition coefficient (Wildman–Crippen LogP) is 3.72. The van der Waals surface area contributed by atoms with Crippen molar-refractivity contribution in [2.75, 3.05) is 19.5 Å². The number of methoxy groups -OCH3 is 1. The zero-order valence-electron chi connectivity index (χ0n) is 14.7. The van der Waals surface area contributed by atoms with Crippen molar-refractivity contribution in [3.63, 3.8) is 0 Å². The molecule has 0 aliphatic heterocycles. The van der Waals surface area contributed by atoms with Gasteiger partial charge in [0.05, 0.1) is 23.8 Å². The highest BCUT2D eigenvalue weighted by molar-refractivity contribution is 6.30. The molecule has 2 rings (SSSR count). The molecule has 138 valence electrons. The summed E-state index contributed by atoms with van der Waals surface area (Å²) < 4.78 is 5.16. The average molecular weight is 378 g/mol. The quantitative estimate of drug-likeness (QED) is 0.587. The van der Waals surface area contributed by atoms with Crippen molar-refractivity contribution in [2.24, 2.45) is 0 Å². The van der Waals surface area contributed by atoms with Crippen molar-refractivity contribution in [3.8, 4) is 5.75 Å². The van der Waals surface area contributed by atoms with Gasteiger partial charge < -0.3 is 10.1 Å². The Balaban J connectivity index is 2.10. The normalized spacial score (nSPS) is 11.9. The summed E-state index contributed by atoms with van der Waals surface area (Å²) in [6.07, 6.45) is 0. The van der Waals surface area contributed by atoms with Crippen LogP contribution < -0.4 is 10.1 Å². The van der Waals surface area contributed by atoms with E-state index >= 15 is 0 Å². The van der Waals surface area contributed by atoms with E-state index in [2.05, 4.69) is 5.32 Å². The molecule has 7 nitrogen and oxygen atoms in total. The zero-order chi connectivity index (χ0) is 19.3. The molecule has 1 atom stereocenters. The molecular formula is C18H20ClN3O4. The van der Waals surface area contributed by atoms with Crippen molar-refractivity contribution in [1.82, 2.24) is 4.90 Å². The Labute approximate surface area is 156 Å². The number of hydrogen-bond acceptors (Lipinski definition) is 5. The highest BCUT2D eigenvalue weighted by atomic mass is 35.5. The number of rotatable bonds is 7. The summed E-state index contributed by atoms with van der Waals surface area (Å²) in [6, 6.07) is 11.0. The molecule has 0 bridgehead atoms. The highest BCUT2D eigenvalue weighted by Gasteiger charge is 2.21. The standard InChI is InChI=1S/C18H20ClN3O4/c1-12(21(2)11-13-5-4-6-14(19)9-13)18(23)20-16-10-15(22(24)25)7-8-17(16)26-3/h4-10,12H,11H2,1-3H3,(H,20,23)/t12-/m0/s1. The summed E-state index contributed by atoms with van der Waals surface area (Å²) >= 11 is 5.98. The lowest BCUT2D eigenvalue weighted by Crippen LogP contribution is -2.39. The van der Waals surface area contributed by atoms with Gasteiger partial charge in [0.2, 0.25) is 5.91 Å². The Morgan fingerprint density at radius 1 is 1.35 bits per heavy atom. The third-order valence-corrected chi connectivity index (χ3v) is 4.25. The van der Waals surface area contributed by atoms with Gasteiger partial charge in [-0.15, -0.1) is 0 Å². The lowest BCUT2D eigenvalue weighted by atomic mass is 10.2. The van der Waals surface area contributed by atoms with Gasteiger partial charge in [-0.25, -0.2) is 0 Å². The predicted molar refractivity (Wildman–Crippen MR) is 101 cm³/mol. The number of ether oxygens (including phenoxy) is 1. The van der Waals surface area contributed by atoms with E-state index in [1.54, 1.807) is 13.0 Å². The molecule has 26 heavy (non-hydrogen) atoms. The number of nitrogens with zero attached hydrogens (tertiary/aromatic N) is 2. The lowest BCUT2D eigenvalue weighted by molar-refractivity contribution is -0.384. The Hall–Kier alpha value is -2.64. The SMILES string of the molecule is COc1ccc([N+](=O)[O-])cc1NC(=O)[C@H](C)N(C)Cc1cccc(Cl)c1. The van der Waals surface area contributed by atoms with Crippen molar-refractivity contribution < 1.29 is 14.5 Å². The van der Waals surface area contributed by atoms with E-state index in [1.807, 2.05) is 30.1 Å². The molecule has 1 N–H and O–H groups in total. The summed E-state index contributed by atoms with van der Waals surface area (Å²) in [5.74, 6) is 0.0574. The molecule has 1 amide bonds. The minimum atomic E-state index is -0.524. The summed E-state index contributed by atoms with van der Waals surface area (Å²) in [7, 11) is 3.25. The van der Waals surface area contributed by atoms with Gasteiger partial charge in [0, 0.05) is 23.7 Å². The average Bonchev–Trinajstić information content (AvgIpc) is 2.60. The number of benzene rings is 2. The van der Waals surface area contributed by atoms with Gasteiger partial charge in [-0.2, -0.15) is 0 Å². The van der Waals surface area contributed by atoms with Crippen LogP contribution in [0, 0.1) is 10.1 Å². The van der Waals surface area contributed by atoms with Crippen LogP contribution >= 0.6 is 11.6 Å². The maximum absolute atomic E-state index is 12.6. The Morgan fingerprint density at radius 2 is 2.08 bits per heavy atom. The van der Waals surface area contributed by atoms with Crippen LogP contribution in [-0.2, 0) is 11.3 Å². The van der Waals surface area contributed by atoms with Crippen LogP contribution in [0.2, 0.25) is 5.02 Å². The first kappa shape index (κ1) is 19.7. The fourth-order valence-corrected chi connectivity index (χ4v) is 2.62. The van der Waals surface area contributed by atoms with Crippen molar-refractivity contribution in [2.45, 2.75) is 19.5 Å². The van der Waals surface area contributed by atoms with Gasteiger partial charge in [0.15, 0.2) is 0 Å². The van der Waals surface area contributed by atoms with Crippen molar-refractivity contribution in [1.29, 1.82) is 0 Å². The number of halogens is 1. The Bertz CT molecular complexity index is 813. The molecule has 0 saturated carbocycles. The smallest absolute Gasteiger partial charge is 0.271 e. The number of nitrogens with one attached hydrogen (secondary N) is 1. The van der Waals surface area contributed by atoms with Gasteiger partial charge >= 0.3 is 0 Å². The second-order valence-electron chi connectivity index (χ2n) is 5.85. The summed E-state index contributed by atoms with van der Waals surface area (Å²) in [4.78, 5) is 24.8. The second kappa shape index (κ2) is 8.64. The first-order chi connectivity index (χ1) is 12.3. The number of carbonyl (C=O) groups is 1. The summed E-state index contributed by atoms with van der Waals surface area (Å²) in [5, 5.41) is 14.3. The van der Waals surface area contributed by atoms with E-state index in [-0.39, 0.29) is 17.3 Å². The Morgan fingerprint density at radius 3 is 2.69 bits per heavy atom.